The fourth-order valence-corrected chi connectivity index (χ4v) is 2.13. The zero-order chi connectivity index (χ0) is 14.4. The molecule has 2 rings (SSSR count). The Morgan fingerprint density at radius 2 is 1.45 bits per heavy atom. The Kier molecular flexibility index (Phi) is 4.83. The van der Waals surface area contributed by atoms with Crippen LogP contribution in [0, 0.1) is 0 Å². The molecule has 0 saturated heterocycles. The first-order chi connectivity index (χ1) is 9.70. The summed E-state index contributed by atoms with van der Waals surface area (Å²) < 4.78 is 0. The molecular weight excluding hydrogens is 248 g/mol. The normalized spacial score (nSPS) is 10.2. The van der Waals surface area contributed by atoms with Crippen LogP contribution >= 0.6 is 0 Å². The number of hydrogen-bond donors (Lipinski definition) is 0. The second-order valence-electron chi connectivity index (χ2n) is 4.83. The lowest BCUT2D eigenvalue weighted by Gasteiger charge is -2.04. The molecule has 20 heavy (non-hydrogen) atoms. The Bertz CT molecular complexity index is 583. The van der Waals surface area contributed by atoms with Crippen LogP contribution in [0.4, 0.5) is 0 Å². The summed E-state index contributed by atoms with van der Waals surface area (Å²) in [6, 6.07) is 17.4. The van der Waals surface area contributed by atoms with Crippen LogP contribution in [0.5, 0.6) is 0 Å². The van der Waals surface area contributed by atoms with Gasteiger partial charge in [-0.1, -0.05) is 61.5 Å². The van der Waals surface area contributed by atoms with Crippen molar-refractivity contribution in [2.24, 2.45) is 0 Å². The van der Waals surface area contributed by atoms with E-state index in [1.165, 1.54) is 0 Å². The molecule has 2 heteroatoms. The molecule has 0 unspecified atom stereocenters. The first-order valence-electron chi connectivity index (χ1n) is 6.91. The molecule has 0 aliphatic rings. The van der Waals surface area contributed by atoms with Gasteiger partial charge in [-0.2, -0.15) is 0 Å². The number of rotatable bonds is 6. The van der Waals surface area contributed by atoms with Gasteiger partial charge in [-0.05, 0) is 17.5 Å². The fraction of sp³-hybridized carbons (Fsp3) is 0.222. The number of hydrogen-bond acceptors (Lipinski definition) is 2. The summed E-state index contributed by atoms with van der Waals surface area (Å²) in [6.45, 7) is 1.94. The molecule has 0 N–H and O–H groups in total. The molecule has 2 nitrogen and oxygen atoms in total. The third kappa shape index (κ3) is 3.64. The maximum atomic E-state index is 12.0. The van der Waals surface area contributed by atoms with Crippen molar-refractivity contribution in [3.05, 3.63) is 60.2 Å². The minimum atomic E-state index is -0.0944. The molecule has 2 aromatic rings. The van der Waals surface area contributed by atoms with Crippen LogP contribution in [0.25, 0.3) is 11.1 Å². The highest BCUT2D eigenvalue weighted by atomic mass is 16.1. The largest absolute Gasteiger partial charge is 0.299 e. The van der Waals surface area contributed by atoms with Gasteiger partial charge in [0.2, 0.25) is 0 Å². The van der Waals surface area contributed by atoms with Crippen LogP contribution < -0.4 is 0 Å². The molecule has 0 aliphatic heterocycles. The lowest BCUT2D eigenvalue weighted by atomic mass is 10.00. The molecule has 0 atom stereocenters. The van der Waals surface area contributed by atoms with E-state index in [2.05, 4.69) is 0 Å². The van der Waals surface area contributed by atoms with Gasteiger partial charge in [-0.25, -0.2) is 0 Å². The zero-order valence-corrected chi connectivity index (χ0v) is 11.6. The first-order valence-corrected chi connectivity index (χ1v) is 6.91. The van der Waals surface area contributed by atoms with Gasteiger partial charge in [0.25, 0.3) is 0 Å². The van der Waals surface area contributed by atoms with E-state index in [0.717, 1.165) is 17.5 Å². The lowest BCUT2D eigenvalue weighted by molar-refractivity contribution is -0.118. The van der Waals surface area contributed by atoms with Crippen LogP contribution in [0.2, 0.25) is 0 Å². The summed E-state index contributed by atoms with van der Waals surface area (Å²) in [4.78, 5) is 23.5. The molecule has 0 amide bonds. The summed E-state index contributed by atoms with van der Waals surface area (Å²) >= 11 is 0. The van der Waals surface area contributed by atoms with Crippen LogP contribution in [0.3, 0.4) is 0 Å². The van der Waals surface area contributed by atoms with Gasteiger partial charge in [0.1, 0.15) is 5.78 Å². The maximum absolute atomic E-state index is 12.0. The maximum Gasteiger partial charge on any atom is 0.170 e. The highest BCUT2D eigenvalue weighted by Gasteiger charge is 2.11. The second-order valence-corrected chi connectivity index (χ2v) is 4.83. The van der Waals surface area contributed by atoms with Crippen molar-refractivity contribution < 1.29 is 9.59 Å². The summed E-state index contributed by atoms with van der Waals surface area (Å²) in [5, 5.41) is 0. The van der Waals surface area contributed by atoms with E-state index < -0.39 is 0 Å². The number of carbonyl (C=O) groups excluding carboxylic acids is 2. The predicted molar refractivity (Wildman–Crippen MR) is 80.7 cm³/mol. The minimum Gasteiger partial charge on any atom is -0.299 e. The Hall–Kier alpha value is -2.22. The van der Waals surface area contributed by atoms with Gasteiger partial charge in [-0.15, -0.1) is 0 Å². The highest BCUT2D eigenvalue weighted by molar-refractivity contribution is 6.08. The van der Waals surface area contributed by atoms with Crippen molar-refractivity contribution in [3.8, 4) is 11.1 Å². The molecule has 0 fully saturated rings. The average molecular weight is 266 g/mol. The third-order valence-electron chi connectivity index (χ3n) is 3.20. The Balaban J connectivity index is 2.08. The quantitative estimate of drug-likeness (QED) is 0.577. The number of Topliss-reactive ketones (excluding diaryl/α,β-unsaturated/α-hetero) is 2. The van der Waals surface area contributed by atoms with Gasteiger partial charge in [0.15, 0.2) is 5.78 Å². The highest BCUT2D eigenvalue weighted by Crippen LogP contribution is 2.19. The van der Waals surface area contributed by atoms with E-state index in [0.29, 0.717) is 12.0 Å². The molecule has 0 spiro atoms. The van der Waals surface area contributed by atoms with Crippen molar-refractivity contribution in [2.75, 3.05) is 0 Å². The van der Waals surface area contributed by atoms with Gasteiger partial charge in [-0.3, -0.25) is 9.59 Å². The van der Waals surface area contributed by atoms with E-state index in [1.807, 2.05) is 49.4 Å². The van der Waals surface area contributed by atoms with E-state index in [1.54, 1.807) is 12.1 Å². The van der Waals surface area contributed by atoms with E-state index >= 15 is 0 Å². The Morgan fingerprint density at radius 3 is 2.05 bits per heavy atom. The van der Waals surface area contributed by atoms with Crippen molar-refractivity contribution in [3.63, 3.8) is 0 Å². The van der Waals surface area contributed by atoms with Crippen molar-refractivity contribution in [2.45, 2.75) is 26.2 Å². The Morgan fingerprint density at radius 1 is 0.850 bits per heavy atom. The zero-order valence-electron chi connectivity index (χ0n) is 11.6. The van der Waals surface area contributed by atoms with E-state index in [-0.39, 0.29) is 18.0 Å². The number of benzene rings is 2. The van der Waals surface area contributed by atoms with Gasteiger partial charge >= 0.3 is 0 Å². The second kappa shape index (κ2) is 6.80. The summed E-state index contributed by atoms with van der Waals surface area (Å²) in [5.74, 6) is -0.0762. The van der Waals surface area contributed by atoms with E-state index in [9.17, 15) is 9.59 Å². The van der Waals surface area contributed by atoms with Gasteiger partial charge in [0, 0.05) is 12.0 Å². The number of ketones is 2. The SMILES string of the molecule is CCCC(=O)CC(=O)c1ccc(-c2ccccc2)cc1. The molecule has 102 valence electrons. The topological polar surface area (TPSA) is 34.1 Å². The molecule has 0 radical (unpaired) electrons. The van der Waals surface area contributed by atoms with Crippen molar-refractivity contribution >= 4 is 11.6 Å². The molecule has 0 heterocycles. The van der Waals surface area contributed by atoms with Crippen LogP contribution in [0.15, 0.2) is 54.6 Å². The van der Waals surface area contributed by atoms with Crippen LogP contribution in [0.1, 0.15) is 36.5 Å². The molecule has 2 aromatic carbocycles. The monoisotopic (exact) mass is 266 g/mol. The molecule has 0 bridgehead atoms. The lowest BCUT2D eigenvalue weighted by Crippen LogP contribution is -2.07. The first kappa shape index (κ1) is 14.2. The predicted octanol–water partition coefficient (Wildman–Crippen LogP) is 4.30. The fourth-order valence-electron chi connectivity index (χ4n) is 2.13. The van der Waals surface area contributed by atoms with Crippen LogP contribution in [-0.4, -0.2) is 11.6 Å². The van der Waals surface area contributed by atoms with Crippen molar-refractivity contribution in [1.82, 2.24) is 0 Å². The molecule has 0 aromatic heterocycles. The molecular formula is C18H18O2. The third-order valence-corrected chi connectivity index (χ3v) is 3.20. The van der Waals surface area contributed by atoms with Gasteiger partial charge in [0.05, 0.1) is 6.42 Å². The molecule has 0 saturated carbocycles. The van der Waals surface area contributed by atoms with Gasteiger partial charge < -0.3 is 0 Å². The molecule has 0 aliphatic carbocycles. The average Bonchev–Trinajstić information content (AvgIpc) is 2.48. The summed E-state index contributed by atoms with van der Waals surface area (Å²) in [5.41, 5.74) is 2.80. The van der Waals surface area contributed by atoms with E-state index in [4.69, 9.17) is 0 Å². The smallest absolute Gasteiger partial charge is 0.170 e. The summed E-state index contributed by atoms with van der Waals surface area (Å²) in [6.07, 6.45) is 1.28. The van der Waals surface area contributed by atoms with Crippen LogP contribution in [-0.2, 0) is 4.79 Å². The standard InChI is InChI=1S/C18H18O2/c1-2-6-17(19)13-18(20)16-11-9-15(10-12-16)14-7-4-3-5-8-14/h3-5,7-12H,2,6,13H2,1H3. The Labute approximate surface area is 119 Å². The minimum absolute atomic E-state index is 0.0124. The number of carbonyl (C=O) groups is 2. The summed E-state index contributed by atoms with van der Waals surface area (Å²) in [7, 11) is 0. The van der Waals surface area contributed by atoms with Crippen molar-refractivity contribution in [1.29, 1.82) is 0 Å².